The van der Waals surface area contributed by atoms with Gasteiger partial charge in [-0.05, 0) is 38.8 Å². The summed E-state index contributed by atoms with van der Waals surface area (Å²) in [6, 6.07) is 8.42. The minimum absolute atomic E-state index is 0.191. The van der Waals surface area contributed by atoms with Gasteiger partial charge in [-0.2, -0.15) is 0 Å². The van der Waals surface area contributed by atoms with Crippen LogP contribution in [0.25, 0.3) is 0 Å². The van der Waals surface area contributed by atoms with E-state index in [1.54, 1.807) is 0 Å². The number of para-hydroxylation sites is 1. The summed E-state index contributed by atoms with van der Waals surface area (Å²) in [5, 5.41) is 3.35. The van der Waals surface area contributed by atoms with Crippen molar-refractivity contribution in [1.82, 2.24) is 5.32 Å². The highest BCUT2D eigenvalue weighted by Gasteiger charge is 2.17. The highest BCUT2D eigenvalue weighted by molar-refractivity contribution is 5.36. The lowest BCUT2D eigenvalue weighted by atomic mass is 9.90. The maximum Gasteiger partial charge on any atom is 0.124 e. The summed E-state index contributed by atoms with van der Waals surface area (Å²) in [6.07, 6.45) is 6.81. The lowest BCUT2D eigenvalue weighted by molar-refractivity contribution is 0.0701. The molecule has 3 heteroatoms. The van der Waals surface area contributed by atoms with E-state index in [9.17, 15) is 0 Å². The van der Waals surface area contributed by atoms with E-state index in [1.165, 1.54) is 37.7 Å². The molecule has 21 heavy (non-hydrogen) atoms. The van der Waals surface area contributed by atoms with Gasteiger partial charge in [0.2, 0.25) is 0 Å². The number of likely N-dealkylation sites (N-methyl/N-ethyl adjacent to an activating group) is 1. The summed E-state index contributed by atoms with van der Waals surface area (Å²) in [5.74, 6) is 1.72. The third kappa shape index (κ3) is 5.01. The molecule has 0 amide bonds. The quantitative estimate of drug-likeness (QED) is 0.787. The van der Waals surface area contributed by atoms with E-state index in [0.717, 1.165) is 18.3 Å². The lowest BCUT2D eigenvalue weighted by Crippen LogP contribution is -2.24. The van der Waals surface area contributed by atoms with Crippen LogP contribution in [0.2, 0.25) is 0 Å². The smallest absolute Gasteiger partial charge is 0.124 e. The van der Waals surface area contributed by atoms with Crippen LogP contribution in [0.1, 0.15) is 50.6 Å². The highest BCUT2D eigenvalue weighted by Crippen LogP contribution is 2.27. The van der Waals surface area contributed by atoms with Crippen LogP contribution in [0.15, 0.2) is 24.3 Å². The first-order valence-corrected chi connectivity index (χ1v) is 8.31. The first-order valence-electron chi connectivity index (χ1n) is 8.31. The van der Waals surface area contributed by atoms with Crippen molar-refractivity contribution in [3.05, 3.63) is 29.8 Å². The Hall–Kier alpha value is -1.06. The van der Waals surface area contributed by atoms with E-state index in [0.29, 0.717) is 13.2 Å². The van der Waals surface area contributed by atoms with Gasteiger partial charge in [0.1, 0.15) is 5.75 Å². The molecular formula is C18H29NO2. The second kappa shape index (κ2) is 9.06. The molecule has 0 aromatic heterocycles. The van der Waals surface area contributed by atoms with E-state index in [1.807, 2.05) is 26.1 Å². The Labute approximate surface area is 129 Å². The zero-order valence-electron chi connectivity index (χ0n) is 13.4. The maximum absolute atomic E-state index is 6.00. The molecule has 118 valence electrons. The van der Waals surface area contributed by atoms with Crippen LogP contribution < -0.4 is 10.1 Å². The van der Waals surface area contributed by atoms with Crippen molar-refractivity contribution in [3.63, 3.8) is 0 Å². The minimum Gasteiger partial charge on any atom is -0.494 e. The van der Waals surface area contributed by atoms with E-state index in [4.69, 9.17) is 9.47 Å². The van der Waals surface area contributed by atoms with Crippen LogP contribution in [-0.4, -0.2) is 26.9 Å². The van der Waals surface area contributed by atoms with Gasteiger partial charge in [0.25, 0.3) is 0 Å². The van der Waals surface area contributed by atoms with Crippen LogP contribution in [0.3, 0.4) is 0 Å². The molecule has 1 saturated carbocycles. The molecular weight excluding hydrogens is 262 g/mol. The van der Waals surface area contributed by atoms with Gasteiger partial charge < -0.3 is 14.8 Å². The van der Waals surface area contributed by atoms with Crippen molar-refractivity contribution in [2.45, 2.75) is 45.1 Å². The van der Waals surface area contributed by atoms with Gasteiger partial charge in [-0.25, -0.2) is 0 Å². The summed E-state index contributed by atoms with van der Waals surface area (Å²) in [6.45, 7) is 4.31. The third-order valence-electron chi connectivity index (χ3n) is 4.31. The first kappa shape index (κ1) is 16.3. The summed E-state index contributed by atoms with van der Waals surface area (Å²) < 4.78 is 11.7. The standard InChI is InChI=1S/C18H29NO2/c1-3-21-18-12-8-7-11-16(18)17(19-2)14-20-13-15-9-5-4-6-10-15/h7-8,11-12,15,17,19H,3-6,9-10,13-14H2,1-2H3. The zero-order valence-corrected chi connectivity index (χ0v) is 13.4. The molecule has 1 aliphatic carbocycles. The fourth-order valence-corrected chi connectivity index (χ4v) is 3.09. The molecule has 1 aromatic rings. The molecule has 1 atom stereocenters. The van der Waals surface area contributed by atoms with Gasteiger partial charge in [-0.15, -0.1) is 0 Å². The Morgan fingerprint density at radius 2 is 1.95 bits per heavy atom. The Balaban J connectivity index is 1.87. The zero-order chi connectivity index (χ0) is 14.9. The van der Waals surface area contributed by atoms with Crippen LogP contribution in [0.5, 0.6) is 5.75 Å². The fraction of sp³-hybridized carbons (Fsp3) is 0.667. The molecule has 1 aliphatic rings. The van der Waals surface area contributed by atoms with E-state index in [2.05, 4.69) is 17.4 Å². The predicted molar refractivity (Wildman–Crippen MR) is 86.8 cm³/mol. The molecule has 0 spiro atoms. The van der Waals surface area contributed by atoms with Crippen molar-refractivity contribution in [2.24, 2.45) is 5.92 Å². The van der Waals surface area contributed by atoms with Gasteiger partial charge in [-0.3, -0.25) is 0 Å². The van der Waals surface area contributed by atoms with Crippen LogP contribution in [0, 0.1) is 5.92 Å². The second-order valence-corrected chi connectivity index (χ2v) is 5.85. The van der Waals surface area contributed by atoms with Gasteiger partial charge in [0.15, 0.2) is 0 Å². The highest BCUT2D eigenvalue weighted by atomic mass is 16.5. The van der Waals surface area contributed by atoms with Gasteiger partial charge in [0, 0.05) is 12.2 Å². The summed E-state index contributed by atoms with van der Waals surface area (Å²) in [5.41, 5.74) is 1.19. The number of benzene rings is 1. The molecule has 1 aromatic carbocycles. The van der Waals surface area contributed by atoms with Crippen LogP contribution in [-0.2, 0) is 4.74 Å². The largest absolute Gasteiger partial charge is 0.494 e. The monoisotopic (exact) mass is 291 g/mol. The average molecular weight is 291 g/mol. The van der Waals surface area contributed by atoms with Crippen LogP contribution in [0.4, 0.5) is 0 Å². The lowest BCUT2D eigenvalue weighted by Gasteiger charge is -2.24. The molecule has 0 saturated heterocycles. The number of hydrogen-bond acceptors (Lipinski definition) is 3. The maximum atomic E-state index is 6.00. The van der Waals surface area contributed by atoms with Gasteiger partial charge >= 0.3 is 0 Å². The van der Waals surface area contributed by atoms with E-state index in [-0.39, 0.29) is 6.04 Å². The Kier molecular flexibility index (Phi) is 7.04. The number of ether oxygens (including phenoxy) is 2. The molecule has 0 radical (unpaired) electrons. The van der Waals surface area contributed by atoms with Crippen molar-refractivity contribution in [3.8, 4) is 5.75 Å². The second-order valence-electron chi connectivity index (χ2n) is 5.85. The Morgan fingerprint density at radius 1 is 1.19 bits per heavy atom. The number of nitrogens with one attached hydrogen (secondary N) is 1. The molecule has 1 unspecified atom stereocenters. The topological polar surface area (TPSA) is 30.5 Å². The minimum atomic E-state index is 0.191. The number of rotatable bonds is 8. The van der Waals surface area contributed by atoms with Crippen molar-refractivity contribution < 1.29 is 9.47 Å². The summed E-state index contributed by atoms with van der Waals surface area (Å²) >= 11 is 0. The normalized spacial score (nSPS) is 17.6. The van der Waals surface area contributed by atoms with E-state index < -0.39 is 0 Å². The van der Waals surface area contributed by atoms with Crippen molar-refractivity contribution in [1.29, 1.82) is 0 Å². The molecule has 0 aliphatic heterocycles. The number of hydrogen-bond donors (Lipinski definition) is 1. The molecule has 1 fully saturated rings. The summed E-state index contributed by atoms with van der Waals surface area (Å²) in [4.78, 5) is 0. The average Bonchev–Trinajstić information content (AvgIpc) is 2.54. The fourth-order valence-electron chi connectivity index (χ4n) is 3.09. The summed E-state index contributed by atoms with van der Waals surface area (Å²) in [7, 11) is 1.98. The molecule has 3 nitrogen and oxygen atoms in total. The van der Waals surface area contributed by atoms with E-state index >= 15 is 0 Å². The van der Waals surface area contributed by atoms with Gasteiger partial charge in [0.05, 0.1) is 19.3 Å². The van der Waals surface area contributed by atoms with Crippen molar-refractivity contribution >= 4 is 0 Å². The van der Waals surface area contributed by atoms with Gasteiger partial charge in [-0.1, -0.05) is 37.5 Å². The predicted octanol–water partition coefficient (Wildman–Crippen LogP) is 3.94. The molecule has 0 bridgehead atoms. The SMILES string of the molecule is CCOc1ccccc1C(COCC1CCCCC1)NC. The molecule has 0 heterocycles. The van der Waals surface area contributed by atoms with Crippen molar-refractivity contribution in [2.75, 3.05) is 26.9 Å². The Bertz CT molecular complexity index is 402. The Morgan fingerprint density at radius 3 is 2.67 bits per heavy atom. The third-order valence-corrected chi connectivity index (χ3v) is 4.31. The first-order chi connectivity index (χ1) is 10.3. The molecule has 2 rings (SSSR count). The van der Waals surface area contributed by atoms with Crippen LogP contribution >= 0.6 is 0 Å². The molecule has 1 N–H and O–H groups in total.